The van der Waals surface area contributed by atoms with Gasteiger partial charge in [-0.2, -0.15) is 0 Å². The van der Waals surface area contributed by atoms with Crippen molar-refractivity contribution in [1.82, 2.24) is 15.3 Å². The summed E-state index contributed by atoms with van der Waals surface area (Å²) in [5.41, 5.74) is 0.470. The highest BCUT2D eigenvalue weighted by atomic mass is 79.9. The first-order chi connectivity index (χ1) is 9.61. The SMILES string of the molecule is CNCCc1nccc(N(C)c2cc(Br)ccc2F)n1. The first kappa shape index (κ1) is 14.9. The quantitative estimate of drug-likeness (QED) is 0.910. The predicted octanol–water partition coefficient (Wildman–Crippen LogP) is 2.91. The number of hydrogen-bond donors (Lipinski definition) is 1. The fraction of sp³-hybridized carbons (Fsp3) is 0.286. The van der Waals surface area contributed by atoms with Crippen LogP contribution in [0, 0.1) is 5.82 Å². The van der Waals surface area contributed by atoms with Crippen LogP contribution in [0.25, 0.3) is 0 Å². The molecule has 0 aliphatic rings. The Morgan fingerprint density at radius 1 is 1.35 bits per heavy atom. The second kappa shape index (κ2) is 6.76. The number of hydrogen-bond acceptors (Lipinski definition) is 4. The molecule has 1 N–H and O–H groups in total. The van der Waals surface area contributed by atoms with Crippen molar-refractivity contribution in [2.24, 2.45) is 0 Å². The van der Waals surface area contributed by atoms with Crippen LogP contribution in [0.15, 0.2) is 34.9 Å². The fourth-order valence-electron chi connectivity index (χ4n) is 1.80. The molecule has 0 bridgehead atoms. The van der Waals surface area contributed by atoms with Gasteiger partial charge in [-0.25, -0.2) is 14.4 Å². The number of anilines is 2. The molecule has 1 aromatic carbocycles. The lowest BCUT2D eigenvalue weighted by Crippen LogP contribution is -2.16. The standard InChI is InChI=1S/C14H16BrFN4/c1-17-7-5-13-18-8-6-14(19-13)20(2)12-9-10(15)3-4-11(12)16/h3-4,6,8-9,17H,5,7H2,1-2H3. The Kier molecular flexibility index (Phi) is 5.03. The van der Waals surface area contributed by atoms with Crippen molar-refractivity contribution >= 4 is 27.4 Å². The van der Waals surface area contributed by atoms with Gasteiger partial charge in [-0.1, -0.05) is 15.9 Å². The first-order valence-electron chi connectivity index (χ1n) is 6.27. The minimum Gasteiger partial charge on any atom is -0.327 e. The average Bonchev–Trinajstić information content (AvgIpc) is 2.47. The first-order valence-corrected chi connectivity index (χ1v) is 7.06. The molecule has 0 unspecified atom stereocenters. The van der Waals surface area contributed by atoms with Crippen molar-refractivity contribution in [3.8, 4) is 0 Å². The number of aromatic nitrogens is 2. The Morgan fingerprint density at radius 2 is 2.15 bits per heavy atom. The number of benzene rings is 1. The molecule has 0 amide bonds. The Labute approximate surface area is 126 Å². The fourth-order valence-corrected chi connectivity index (χ4v) is 2.15. The van der Waals surface area contributed by atoms with Gasteiger partial charge in [-0.15, -0.1) is 0 Å². The normalized spacial score (nSPS) is 10.6. The molecular formula is C14H16BrFN4. The highest BCUT2D eigenvalue weighted by Gasteiger charge is 2.12. The molecule has 2 aromatic rings. The van der Waals surface area contributed by atoms with Crippen molar-refractivity contribution in [3.63, 3.8) is 0 Å². The summed E-state index contributed by atoms with van der Waals surface area (Å²) in [5.74, 6) is 1.12. The van der Waals surface area contributed by atoms with Gasteiger partial charge in [0.25, 0.3) is 0 Å². The number of rotatable bonds is 5. The molecule has 0 saturated carbocycles. The summed E-state index contributed by atoms with van der Waals surface area (Å²) in [4.78, 5) is 10.4. The second-order valence-electron chi connectivity index (χ2n) is 4.34. The van der Waals surface area contributed by atoms with E-state index >= 15 is 0 Å². The van der Waals surface area contributed by atoms with E-state index in [2.05, 4.69) is 31.2 Å². The van der Waals surface area contributed by atoms with Crippen LogP contribution in [0.4, 0.5) is 15.9 Å². The Balaban J connectivity index is 2.28. The van der Waals surface area contributed by atoms with Gasteiger partial charge in [-0.05, 0) is 31.3 Å². The maximum atomic E-state index is 13.9. The van der Waals surface area contributed by atoms with Crippen LogP contribution in [0.5, 0.6) is 0 Å². The van der Waals surface area contributed by atoms with Crippen molar-refractivity contribution < 1.29 is 4.39 Å². The molecule has 0 fully saturated rings. The number of halogens is 2. The Hall–Kier alpha value is -1.53. The van der Waals surface area contributed by atoms with E-state index in [1.54, 1.807) is 36.3 Å². The third kappa shape index (κ3) is 3.52. The number of nitrogens with zero attached hydrogens (tertiary/aromatic N) is 3. The van der Waals surface area contributed by atoms with E-state index < -0.39 is 0 Å². The van der Waals surface area contributed by atoms with Crippen LogP contribution in [0.1, 0.15) is 5.82 Å². The molecule has 0 radical (unpaired) electrons. The molecule has 1 heterocycles. The maximum absolute atomic E-state index is 13.9. The summed E-state index contributed by atoms with van der Waals surface area (Å²) < 4.78 is 14.7. The molecule has 106 valence electrons. The van der Waals surface area contributed by atoms with Crippen LogP contribution in [0.3, 0.4) is 0 Å². The number of nitrogens with one attached hydrogen (secondary N) is 1. The van der Waals surface area contributed by atoms with Crippen LogP contribution >= 0.6 is 15.9 Å². The van der Waals surface area contributed by atoms with Crippen LogP contribution in [-0.2, 0) is 6.42 Å². The molecule has 0 spiro atoms. The predicted molar refractivity (Wildman–Crippen MR) is 81.8 cm³/mol. The van der Waals surface area contributed by atoms with Gasteiger partial charge in [-0.3, -0.25) is 0 Å². The van der Waals surface area contributed by atoms with Crippen LogP contribution in [-0.4, -0.2) is 30.6 Å². The molecule has 6 heteroatoms. The zero-order valence-corrected chi connectivity index (χ0v) is 13.0. The summed E-state index contributed by atoms with van der Waals surface area (Å²) in [6.45, 7) is 0.804. The van der Waals surface area contributed by atoms with Gasteiger partial charge >= 0.3 is 0 Å². The lowest BCUT2D eigenvalue weighted by molar-refractivity contribution is 0.627. The maximum Gasteiger partial charge on any atom is 0.146 e. The van der Waals surface area contributed by atoms with Crippen LogP contribution < -0.4 is 10.2 Å². The van der Waals surface area contributed by atoms with E-state index in [9.17, 15) is 4.39 Å². The molecule has 0 saturated heterocycles. The van der Waals surface area contributed by atoms with E-state index in [0.29, 0.717) is 11.5 Å². The Morgan fingerprint density at radius 3 is 2.90 bits per heavy atom. The average molecular weight is 339 g/mol. The third-order valence-electron chi connectivity index (χ3n) is 2.90. The van der Waals surface area contributed by atoms with E-state index in [1.807, 2.05) is 7.05 Å². The van der Waals surface area contributed by atoms with Gasteiger partial charge in [0.2, 0.25) is 0 Å². The van der Waals surface area contributed by atoms with Gasteiger partial charge in [0.05, 0.1) is 5.69 Å². The largest absolute Gasteiger partial charge is 0.327 e. The van der Waals surface area contributed by atoms with Gasteiger partial charge in [0, 0.05) is 30.7 Å². The molecule has 1 aromatic heterocycles. The third-order valence-corrected chi connectivity index (χ3v) is 3.40. The van der Waals surface area contributed by atoms with Crippen LogP contribution in [0.2, 0.25) is 0 Å². The molecule has 0 atom stereocenters. The second-order valence-corrected chi connectivity index (χ2v) is 5.26. The van der Waals surface area contributed by atoms with Crippen molar-refractivity contribution in [2.75, 3.05) is 25.5 Å². The molecule has 0 aliphatic heterocycles. The van der Waals surface area contributed by atoms with Crippen molar-refractivity contribution in [2.45, 2.75) is 6.42 Å². The Bertz CT molecular complexity index is 591. The van der Waals surface area contributed by atoms with E-state index in [4.69, 9.17) is 0 Å². The van der Waals surface area contributed by atoms with Crippen molar-refractivity contribution in [1.29, 1.82) is 0 Å². The molecule has 0 aliphatic carbocycles. The zero-order chi connectivity index (χ0) is 14.5. The zero-order valence-electron chi connectivity index (χ0n) is 11.4. The summed E-state index contributed by atoms with van der Waals surface area (Å²) in [5, 5.41) is 3.05. The van der Waals surface area contributed by atoms with Gasteiger partial charge < -0.3 is 10.2 Å². The smallest absolute Gasteiger partial charge is 0.146 e. The monoisotopic (exact) mass is 338 g/mol. The highest BCUT2D eigenvalue weighted by Crippen LogP contribution is 2.27. The van der Waals surface area contributed by atoms with Gasteiger partial charge in [0.1, 0.15) is 17.5 Å². The molecular weight excluding hydrogens is 323 g/mol. The summed E-state index contributed by atoms with van der Waals surface area (Å²) in [6.07, 6.45) is 2.43. The molecule has 2 rings (SSSR count). The highest BCUT2D eigenvalue weighted by molar-refractivity contribution is 9.10. The number of likely N-dealkylation sites (N-methyl/N-ethyl adjacent to an activating group) is 1. The van der Waals surface area contributed by atoms with Crippen molar-refractivity contribution in [3.05, 3.63) is 46.6 Å². The topological polar surface area (TPSA) is 41.1 Å². The van der Waals surface area contributed by atoms with E-state index in [-0.39, 0.29) is 5.82 Å². The lowest BCUT2D eigenvalue weighted by Gasteiger charge is -2.19. The summed E-state index contributed by atoms with van der Waals surface area (Å²) >= 11 is 3.35. The summed E-state index contributed by atoms with van der Waals surface area (Å²) in [6, 6.07) is 6.60. The summed E-state index contributed by atoms with van der Waals surface area (Å²) in [7, 11) is 3.67. The van der Waals surface area contributed by atoms with E-state index in [0.717, 1.165) is 23.3 Å². The molecule has 20 heavy (non-hydrogen) atoms. The minimum absolute atomic E-state index is 0.286. The minimum atomic E-state index is -0.286. The van der Waals surface area contributed by atoms with E-state index in [1.165, 1.54) is 6.07 Å². The lowest BCUT2D eigenvalue weighted by atomic mass is 10.3. The molecule has 4 nitrogen and oxygen atoms in total. The van der Waals surface area contributed by atoms with Gasteiger partial charge in [0.15, 0.2) is 0 Å².